The van der Waals surface area contributed by atoms with Crippen molar-refractivity contribution < 1.29 is 18.1 Å². The minimum Gasteiger partial charge on any atom is -0.379 e. The first-order valence-corrected chi connectivity index (χ1v) is 11.0. The molecule has 9 nitrogen and oxygen atoms in total. The summed E-state index contributed by atoms with van der Waals surface area (Å²) in [5.74, 6) is 0. The first-order chi connectivity index (χ1) is 14.2. The van der Waals surface area contributed by atoms with E-state index in [9.17, 15) is 18.5 Å². The number of morpholine rings is 1. The van der Waals surface area contributed by atoms with Crippen molar-refractivity contribution in [3.8, 4) is 0 Å². The number of rotatable bonds is 6. The van der Waals surface area contributed by atoms with Gasteiger partial charge in [0.2, 0.25) is 10.0 Å². The Bertz CT molecular complexity index is 1100. The Balaban J connectivity index is 2.00. The largest absolute Gasteiger partial charge is 0.379 e. The summed E-state index contributed by atoms with van der Waals surface area (Å²) in [6, 6.07) is 8.42. The number of hydrogen-bond donors (Lipinski definition) is 1. The van der Waals surface area contributed by atoms with Crippen LogP contribution in [0.1, 0.15) is 12.5 Å². The van der Waals surface area contributed by atoms with E-state index in [0.29, 0.717) is 21.3 Å². The van der Waals surface area contributed by atoms with Crippen molar-refractivity contribution in [2.45, 2.75) is 11.8 Å². The molecule has 0 spiro atoms. The normalized spacial score (nSPS) is 15.8. The van der Waals surface area contributed by atoms with Crippen LogP contribution in [0.5, 0.6) is 0 Å². The molecule has 0 aliphatic carbocycles. The lowest BCUT2D eigenvalue weighted by molar-refractivity contribution is -0.385. The smallest absolute Gasteiger partial charge is 0.270 e. The molecule has 2 aromatic rings. The van der Waals surface area contributed by atoms with E-state index in [1.807, 2.05) is 0 Å². The number of ether oxygens (including phenoxy) is 1. The summed E-state index contributed by atoms with van der Waals surface area (Å²) in [6.07, 6.45) is 0. The van der Waals surface area contributed by atoms with Gasteiger partial charge in [0, 0.05) is 40.8 Å². The van der Waals surface area contributed by atoms with Gasteiger partial charge in [0.05, 0.1) is 29.5 Å². The molecule has 0 atom stereocenters. The van der Waals surface area contributed by atoms with E-state index in [1.165, 1.54) is 16.4 Å². The van der Waals surface area contributed by atoms with Gasteiger partial charge in [0.25, 0.3) is 5.69 Å². The van der Waals surface area contributed by atoms with Crippen molar-refractivity contribution in [2.24, 2.45) is 5.10 Å². The summed E-state index contributed by atoms with van der Waals surface area (Å²) >= 11 is 12.2. The quantitative estimate of drug-likeness (QED) is 0.388. The highest BCUT2D eigenvalue weighted by molar-refractivity contribution is 7.89. The zero-order valence-electron chi connectivity index (χ0n) is 15.8. The molecule has 0 saturated carbocycles. The molecule has 1 fully saturated rings. The van der Waals surface area contributed by atoms with E-state index in [-0.39, 0.29) is 42.6 Å². The number of hydrogen-bond acceptors (Lipinski definition) is 7. The predicted molar refractivity (Wildman–Crippen MR) is 115 cm³/mol. The molecule has 160 valence electrons. The van der Waals surface area contributed by atoms with E-state index in [4.69, 9.17) is 27.9 Å². The van der Waals surface area contributed by atoms with Crippen molar-refractivity contribution in [2.75, 3.05) is 31.7 Å². The Labute approximate surface area is 183 Å². The fraction of sp³-hybridized carbons (Fsp3) is 0.278. The standard InChI is InChI=1S/C18H18Cl2N4O5S/c1-12(15-10-13(19)2-4-16(15)20)21-22-17-5-3-14(24(25)26)11-18(17)30(27,28)23-6-8-29-9-7-23/h2-5,10-11,22H,6-9H2,1H3/b21-12+. The predicted octanol–water partition coefficient (Wildman–Crippen LogP) is 3.76. The summed E-state index contributed by atoms with van der Waals surface area (Å²) in [4.78, 5) is 10.3. The molecule has 12 heteroatoms. The molecule has 0 aromatic heterocycles. The fourth-order valence-electron chi connectivity index (χ4n) is 2.84. The van der Waals surface area contributed by atoms with Crippen LogP contribution in [0.15, 0.2) is 46.4 Å². The zero-order chi connectivity index (χ0) is 21.9. The minimum absolute atomic E-state index is 0.101. The van der Waals surface area contributed by atoms with Crippen LogP contribution in [0.4, 0.5) is 11.4 Å². The molecular weight excluding hydrogens is 455 g/mol. The van der Waals surface area contributed by atoms with Crippen molar-refractivity contribution in [3.05, 3.63) is 62.1 Å². The molecule has 1 aliphatic rings. The second-order valence-corrected chi connectivity index (χ2v) is 9.14. The molecule has 1 aliphatic heterocycles. The number of benzene rings is 2. The SMILES string of the molecule is C/C(=N\Nc1ccc([N+](=O)[O-])cc1S(=O)(=O)N1CCOCC1)c1cc(Cl)ccc1Cl. The number of anilines is 1. The third-order valence-corrected chi connectivity index (χ3v) is 6.93. The van der Waals surface area contributed by atoms with Gasteiger partial charge in [-0.25, -0.2) is 8.42 Å². The number of sulfonamides is 1. The second-order valence-electron chi connectivity index (χ2n) is 6.39. The van der Waals surface area contributed by atoms with E-state index in [2.05, 4.69) is 10.5 Å². The summed E-state index contributed by atoms with van der Waals surface area (Å²) in [5.41, 5.74) is 3.48. The first kappa shape index (κ1) is 22.4. The van der Waals surface area contributed by atoms with Crippen LogP contribution in [-0.2, 0) is 14.8 Å². The molecule has 1 saturated heterocycles. The molecule has 0 unspecified atom stereocenters. The molecule has 0 radical (unpaired) electrons. The van der Waals surface area contributed by atoms with Crippen LogP contribution in [-0.4, -0.2) is 49.7 Å². The summed E-state index contributed by atoms with van der Waals surface area (Å²) < 4.78 is 32.7. The molecule has 2 aromatic carbocycles. The lowest BCUT2D eigenvalue weighted by atomic mass is 10.1. The number of hydrazone groups is 1. The highest BCUT2D eigenvalue weighted by Gasteiger charge is 2.30. The highest BCUT2D eigenvalue weighted by atomic mass is 35.5. The van der Waals surface area contributed by atoms with Crippen molar-refractivity contribution >= 4 is 50.3 Å². The van der Waals surface area contributed by atoms with E-state index < -0.39 is 14.9 Å². The molecule has 0 amide bonds. The maximum atomic E-state index is 13.1. The van der Waals surface area contributed by atoms with Crippen molar-refractivity contribution in [3.63, 3.8) is 0 Å². The topological polar surface area (TPSA) is 114 Å². The maximum Gasteiger partial charge on any atom is 0.270 e. The van der Waals surface area contributed by atoms with Crippen LogP contribution in [0, 0.1) is 10.1 Å². The zero-order valence-corrected chi connectivity index (χ0v) is 18.2. The first-order valence-electron chi connectivity index (χ1n) is 8.82. The highest BCUT2D eigenvalue weighted by Crippen LogP contribution is 2.30. The molecule has 1 N–H and O–H groups in total. The van der Waals surface area contributed by atoms with Crippen LogP contribution < -0.4 is 5.43 Å². The van der Waals surface area contributed by atoms with Crippen LogP contribution in [0.2, 0.25) is 10.0 Å². The maximum absolute atomic E-state index is 13.1. The number of halogens is 2. The van der Waals surface area contributed by atoms with Gasteiger partial charge in [-0.15, -0.1) is 0 Å². The van der Waals surface area contributed by atoms with E-state index >= 15 is 0 Å². The van der Waals surface area contributed by atoms with E-state index in [0.717, 1.165) is 6.07 Å². The van der Waals surface area contributed by atoms with Gasteiger partial charge in [-0.3, -0.25) is 15.5 Å². The Morgan fingerprint density at radius 3 is 2.57 bits per heavy atom. The molecular formula is C18H18Cl2N4O5S. The van der Waals surface area contributed by atoms with Gasteiger partial charge in [-0.2, -0.15) is 9.41 Å². The minimum atomic E-state index is -4.01. The Hall–Kier alpha value is -2.24. The van der Waals surface area contributed by atoms with Crippen LogP contribution in [0.25, 0.3) is 0 Å². The third-order valence-electron chi connectivity index (χ3n) is 4.43. The molecule has 0 bridgehead atoms. The number of nitro benzene ring substituents is 1. The van der Waals surface area contributed by atoms with Gasteiger partial charge in [0.15, 0.2) is 0 Å². The molecule has 3 rings (SSSR count). The lowest BCUT2D eigenvalue weighted by Gasteiger charge is -2.26. The second kappa shape index (κ2) is 9.27. The third kappa shape index (κ3) is 4.90. The van der Waals surface area contributed by atoms with Gasteiger partial charge in [-0.1, -0.05) is 23.2 Å². The Morgan fingerprint density at radius 1 is 1.20 bits per heavy atom. The van der Waals surface area contributed by atoms with Crippen molar-refractivity contribution in [1.82, 2.24) is 4.31 Å². The fourth-order valence-corrected chi connectivity index (χ4v) is 4.83. The van der Waals surface area contributed by atoms with E-state index in [1.54, 1.807) is 25.1 Å². The summed E-state index contributed by atoms with van der Waals surface area (Å²) in [5, 5.41) is 16.3. The van der Waals surface area contributed by atoms with Gasteiger partial charge in [0.1, 0.15) is 4.90 Å². The van der Waals surface area contributed by atoms with Crippen LogP contribution in [0.3, 0.4) is 0 Å². The van der Waals surface area contributed by atoms with Gasteiger partial charge in [-0.05, 0) is 31.2 Å². The number of nitrogens with zero attached hydrogens (tertiary/aromatic N) is 3. The lowest BCUT2D eigenvalue weighted by Crippen LogP contribution is -2.40. The molecule has 30 heavy (non-hydrogen) atoms. The number of nitro groups is 1. The monoisotopic (exact) mass is 472 g/mol. The number of nitrogens with one attached hydrogen (secondary N) is 1. The average molecular weight is 473 g/mol. The van der Waals surface area contributed by atoms with Gasteiger partial charge >= 0.3 is 0 Å². The Kier molecular flexibility index (Phi) is 6.94. The summed E-state index contributed by atoms with van der Waals surface area (Å²) in [6.45, 7) is 2.49. The molecule has 1 heterocycles. The van der Waals surface area contributed by atoms with Crippen molar-refractivity contribution in [1.29, 1.82) is 0 Å². The van der Waals surface area contributed by atoms with Crippen LogP contribution >= 0.6 is 23.2 Å². The number of non-ortho nitro benzene ring substituents is 1. The summed E-state index contributed by atoms with van der Waals surface area (Å²) in [7, 11) is -4.01. The average Bonchev–Trinajstić information content (AvgIpc) is 2.74. The Morgan fingerprint density at radius 2 is 1.90 bits per heavy atom. The van der Waals surface area contributed by atoms with Gasteiger partial charge < -0.3 is 4.74 Å².